The predicted octanol–water partition coefficient (Wildman–Crippen LogP) is 4.00. The van der Waals surface area contributed by atoms with Gasteiger partial charge in [-0.25, -0.2) is 0 Å². The van der Waals surface area contributed by atoms with Crippen molar-refractivity contribution in [2.24, 2.45) is 0 Å². The number of non-ortho nitro benzene ring substituents is 1. The van der Waals surface area contributed by atoms with Gasteiger partial charge in [0.25, 0.3) is 11.6 Å². The molecule has 26 heavy (non-hydrogen) atoms. The molecule has 0 aromatic heterocycles. The molecule has 2 aromatic rings. The first-order valence-electron chi connectivity index (χ1n) is 7.50. The lowest BCUT2D eigenvalue weighted by Gasteiger charge is -2.12. The van der Waals surface area contributed by atoms with Crippen LogP contribution in [0.15, 0.2) is 34.8 Å². The van der Waals surface area contributed by atoms with Gasteiger partial charge in [0.1, 0.15) is 0 Å². The number of nitrogens with zero attached hydrogens (tertiary/aromatic N) is 1. The highest BCUT2D eigenvalue weighted by molar-refractivity contribution is 9.10. The molecule has 2 aromatic carbocycles. The lowest BCUT2D eigenvalue weighted by molar-refractivity contribution is -0.384. The zero-order valence-electron chi connectivity index (χ0n) is 14.0. The molecule has 1 N–H and O–H groups in total. The SMILES string of the molecule is COc1cc(Br)c(CCNC(=O)c2ccc([N+](=O)[O-])cc2Cl)cc1OC. The third kappa shape index (κ3) is 4.64. The summed E-state index contributed by atoms with van der Waals surface area (Å²) in [7, 11) is 3.10. The normalized spacial score (nSPS) is 10.3. The van der Waals surface area contributed by atoms with Crippen LogP contribution < -0.4 is 14.8 Å². The van der Waals surface area contributed by atoms with Crippen LogP contribution in [-0.2, 0) is 6.42 Å². The maximum atomic E-state index is 12.2. The van der Waals surface area contributed by atoms with Crippen LogP contribution in [0.3, 0.4) is 0 Å². The molecule has 0 saturated heterocycles. The van der Waals surface area contributed by atoms with Crippen molar-refractivity contribution in [1.82, 2.24) is 5.32 Å². The summed E-state index contributed by atoms with van der Waals surface area (Å²) in [6.07, 6.45) is 0.539. The quantitative estimate of drug-likeness (QED) is 0.516. The summed E-state index contributed by atoms with van der Waals surface area (Å²) in [5.74, 6) is 0.793. The Kier molecular flexibility index (Phi) is 6.82. The molecule has 1 amide bonds. The Morgan fingerprint density at radius 2 is 1.88 bits per heavy atom. The van der Waals surface area contributed by atoms with Gasteiger partial charge in [-0.2, -0.15) is 0 Å². The molecular weight excluding hydrogens is 428 g/mol. The fourth-order valence-electron chi connectivity index (χ4n) is 2.30. The Balaban J connectivity index is 2.04. The van der Waals surface area contributed by atoms with Crippen molar-refractivity contribution in [1.29, 1.82) is 0 Å². The van der Waals surface area contributed by atoms with E-state index in [1.165, 1.54) is 12.1 Å². The lowest BCUT2D eigenvalue weighted by atomic mass is 10.1. The number of halogens is 2. The minimum absolute atomic E-state index is 0.0315. The molecule has 0 aliphatic rings. The predicted molar refractivity (Wildman–Crippen MR) is 101 cm³/mol. The molecule has 0 fully saturated rings. The number of methoxy groups -OCH3 is 2. The Bertz CT molecular complexity index is 844. The Labute approximate surface area is 163 Å². The van der Waals surface area contributed by atoms with Crippen molar-refractivity contribution in [3.05, 3.63) is 61.1 Å². The second kappa shape index (κ2) is 8.86. The summed E-state index contributed by atoms with van der Waals surface area (Å²) in [5, 5.41) is 13.5. The number of hydrogen-bond acceptors (Lipinski definition) is 5. The van der Waals surface area contributed by atoms with Gasteiger partial charge in [0.15, 0.2) is 11.5 Å². The number of nitro benzene ring substituents is 1. The number of amides is 1. The summed E-state index contributed by atoms with van der Waals surface area (Å²) >= 11 is 9.42. The van der Waals surface area contributed by atoms with Gasteiger partial charge >= 0.3 is 0 Å². The van der Waals surface area contributed by atoms with Gasteiger partial charge < -0.3 is 14.8 Å². The van der Waals surface area contributed by atoms with E-state index in [1.807, 2.05) is 6.07 Å². The van der Waals surface area contributed by atoms with Crippen LogP contribution >= 0.6 is 27.5 Å². The average Bonchev–Trinajstić information content (AvgIpc) is 2.62. The van der Waals surface area contributed by atoms with Crippen LogP contribution in [0.25, 0.3) is 0 Å². The summed E-state index contributed by atoms with van der Waals surface area (Å²) in [5.41, 5.74) is 0.946. The Morgan fingerprint density at radius 3 is 2.46 bits per heavy atom. The molecule has 0 aliphatic heterocycles. The minimum Gasteiger partial charge on any atom is -0.493 e. The molecule has 0 radical (unpaired) electrons. The van der Waals surface area contributed by atoms with E-state index >= 15 is 0 Å². The summed E-state index contributed by atoms with van der Waals surface area (Å²) in [4.78, 5) is 22.4. The molecule has 0 heterocycles. The van der Waals surface area contributed by atoms with Crippen LogP contribution in [0.5, 0.6) is 11.5 Å². The maximum absolute atomic E-state index is 12.2. The van der Waals surface area contributed by atoms with E-state index in [2.05, 4.69) is 21.2 Å². The molecule has 7 nitrogen and oxygen atoms in total. The number of nitro groups is 1. The number of nitrogens with one attached hydrogen (secondary N) is 1. The van der Waals surface area contributed by atoms with Gasteiger partial charge in [-0.1, -0.05) is 27.5 Å². The highest BCUT2D eigenvalue weighted by atomic mass is 79.9. The fourth-order valence-corrected chi connectivity index (χ4v) is 3.08. The maximum Gasteiger partial charge on any atom is 0.270 e. The van der Waals surface area contributed by atoms with E-state index in [4.69, 9.17) is 21.1 Å². The van der Waals surface area contributed by atoms with E-state index in [1.54, 1.807) is 20.3 Å². The molecule has 2 rings (SSSR count). The molecule has 0 aliphatic carbocycles. The number of benzene rings is 2. The van der Waals surface area contributed by atoms with E-state index in [0.29, 0.717) is 24.5 Å². The van der Waals surface area contributed by atoms with Crippen molar-refractivity contribution in [3.63, 3.8) is 0 Å². The zero-order chi connectivity index (χ0) is 19.3. The van der Waals surface area contributed by atoms with E-state index < -0.39 is 10.8 Å². The van der Waals surface area contributed by atoms with Crippen molar-refractivity contribution in [3.8, 4) is 11.5 Å². The Morgan fingerprint density at radius 1 is 1.23 bits per heavy atom. The van der Waals surface area contributed by atoms with E-state index in [9.17, 15) is 14.9 Å². The van der Waals surface area contributed by atoms with Gasteiger partial charge in [-0.3, -0.25) is 14.9 Å². The van der Waals surface area contributed by atoms with E-state index in [-0.39, 0.29) is 16.3 Å². The summed E-state index contributed by atoms with van der Waals surface area (Å²) < 4.78 is 11.3. The van der Waals surface area contributed by atoms with Crippen molar-refractivity contribution in [2.75, 3.05) is 20.8 Å². The van der Waals surface area contributed by atoms with Crippen molar-refractivity contribution < 1.29 is 19.2 Å². The number of rotatable bonds is 7. The molecule has 0 spiro atoms. The fraction of sp³-hybridized carbons (Fsp3) is 0.235. The van der Waals surface area contributed by atoms with Crippen LogP contribution in [0.1, 0.15) is 15.9 Å². The van der Waals surface area contributed by atoms with Crippen molar-refractivity contribution in [2.45, 2.75) is 6.42 Å². The topological polar surface area (TPSA) is 90.7 Å². The van der Waals surface area contributed by atoms with Gasteiger partial charge in [0.2, 0.25) is 0 Å². The Hall–Kier alpha value is -2.32. The molecule has 0 bridgehead atoms. The average molecular weight is 444 g/mol. The van der Waals surface area contributed by atoms with E-state index in [0.717, 1.165) is 16.1 Å². The first-order chi connectivity index (χ1) is 12.4. The minimum atomic E-state index is -0.567. The lowest BCUT2D eigenvalue weighted by Crippen LogP contribution is -2.26. The molecule has 0 saturated carbocycles. The van der Waals surface area contributed by atoms with Crippen LogP contribution in [-0.4, -0.2) is 31.6 Å². The smallest absolute Gasteiger partial charge is 0.270 e. The molecule has 0 unspecified atom stereocenters. The highest BCUT2D eigenvalue weighted by Crippen LogP contribution is 2.33. The third-order valence-electron chi connectivity index (χ3n) is 3.64. The van der Waals surface area contributed by atoms with Crippen LogP contribution in [0.4, 0.5) is 5.69 Å². The number of carbonyl (C=O) groups is 1. The molecular formula is C17H16BrClN2O5. The first-order valence-corrected chi connectivity index (χ1v) is 8.67. The highest BCUT2D eigenvalue weighted by Gasteiger charge is 2.15. The summed E-state index contributed by atoms with van der Waals surface area (Å²) in [6.45, 7) is 0.347. The second-order valence-electron chi connectivity index (χ2n) is 5.23. The zero-order valence-corrected chi connectivity index (χ0v) is 16.4. The number of carbonyl (C=O) groups excluding carboxylic acids is 1. The summed E-state index contributed by atoms with van der Waals surface area (Å²) in [6, 6.07) is 7.35. The van der Waals surface area contributed by atoms with Crippen LogP contribution in [0, 0.1) is 10.1 Å². The molecule has 138 valence electrons. The number of hydrogen-bond donors (Lipinski definition) is 1. The monoisotopic (exact) mass is 442 g/mol. The second-order valence-corrected chi connectivity index (χ2v) is 6.49. The van der Waals surface area contributed by atoms with Gasteiger partial charge in [-0.05, 0) is 30.2 Å². The number of ether oxygens (including phenoxy) is 2. The largest absolute Gasteiger partial charge is 0.493 e. The van der Waals surface area contributed by atoms with Gasteiger partial charge in [-0.15, -0.1) is 0 Å². The van der Waals surface area contributed by atoms with Crippen molar-refractivity contribution >= 4 is 39.1 Å². The molecule has 9 heteroatoms. The molecule has 0 atom stereocenters. The van der Waals surface area contributed by atoms with Gasteiger partial charge in [0.05, 0.1) is 29.7 Å². The first kappa shape index (κ1) is 20.0. The third-order valence-corrected chi connectivity index (χ3v) is 4.69. The van der Waals surface area contributed by atoms with Gasteiger partial charge in [0, 0.05) is 23.2 Å². The standard InChI is InChI=1S/C17H16BrClN2O5/c1-25-15-7-10(13(18)9-16(15)26-2)5-6-20-17(22)12-4-3-11(21(23)24)8-14(12)19/h3-4,7-9H,5-6H2,1-2H3,(H,20,22). The van der Waals surface area contributed by atoms with Crippen LogP contribution in [0.2, 0.25) is 5.02 Å².